The Hall–Kier alpha value is -1.88. The number of nitrogens with zero attached hydrogens (tertiary/aromatic N) is 2. The first-order valence-corrected chi connectivity index (χ1v) is 9.81. The van der Waals surface area contributed by atoms with Crippen molar-refractivity contribution in [2.45, 2.75) is 46.0 Å². The lowest BCUT2D eigenvalue weighted by molar-refractivity contribution is -0.116. The van der Waals surface area contributed by atoms with Gasteiger partial charge in [-0.3, -0.25) is 9.59 Å². The van der Waals surface area contributed by atoms with Crippen LogP contribution in [0, 0.1) is 12.3 Å². The second kappa shape index (κ2) is 7.78. The van der Waals surface area contributed by atoms with Gasteiger partial charge < -0.3 is 15.1 Å². The number of nitrogens with one attached hydrogen (secondary N) is 1. The highest BCUT2D eigenvalue weighted by Crippen LogP contribution is 2.40. The van der Waals surface area contributed by atoms with Crippen LogP contribution in [0.3, 0.4) is 0 Å². The number of benzene rings is 1. The minimum atomic E-state index is 0.00506. The average Bonchev–Trinajstić information content (AvgIpc) is 2.97. The number of carbonyl (C=O) groups is 2. The average molecular weight is 357 g/mol. The Morgan fingerprint density at radius 1 is 1.15 bits per heavy atom. The van der Waals surface area contributed by atoms with Crippen molar-refractivity contribution in [3.8, 4) is 0 Å². The molecule has 1 aromatic rings. The number of hydrogen-bond donors (Lipinski definition) is 1. The van der Waals surface area contributed by atoms with Gasteiger partial charge in [0.1, 0.15) is 0 Å². The Kier molecular flexibility index (Phi) is 5.66. The smallest absolute Gasteiger partial charge is 0.253 e. The molecule has 1 N–H and O–H groups in total. The number of likely N-dealkylation sites (tertiary alicyclic amines) is 2. The highest BCUT2D eigenvalue weighted by molar-refractivity contribution is 5.97. The van der Waals surface area contributed by atoms with E-state index in [-0.39, 0.29) is 11.8 Å². The van der Waals surface area contributed by atoms with Crippen LogP contribution in [-0.2, 0) is 4.79 Å². The van der Waals surface area contributed by atoms with Crippen molar-refractivity contribution in [1.29, 1.82) is 0 Å². The van der Waals surface area contributed by atoms with E-state index in [0.29, 0.717) is 17.4 Å². The number of amides is 2. The van der Waals surface area contributed by atoms with Crippen LogP contribution in [0.15, 0.2) is 18.2 Å². The summed E-state index contributed by atoms with van der Waals surface area (Å²) in [5.74, 6) is 0.0858. The van der Waals surface area contributed by atoms with Crippen molar-refractivity contribution in [1.82, 2.24) is 9.80 Å². The molecule has 5 nitrogen and oxygen atoms in total. The van der Waals surface area contributed by atoms with Crippen molar-refractivity contribution in [2.75, 3.05) is 38.5 Å². The van der Waals surface area contributed by atoms with Gasteiger partial charge in [-0.2, -0.15) is 0 Å². The topological polar surface area (TPSA) is 52.7 Å². The molecule has 0 aliphatic carbocycles. The molecule has 2 fully saturated rings. The Morgan fingerprint density at radius 3 is 2.46 bits per heavy atom. The molecule has 26 heavy (non-hydrogen) atoms. The predicted octanol–water partition coefficient (Wildman–Crippen LogP) is 3.29. The number of carbonyl (C=O) groups excluding carboxylic acids is 2. The normalized spacial score (nSPS) is 19.7. The summed E-state index contributed by atoms with van der Waals surface area (Å²) in [6.07, 6.45) is 4.75. The highest BCUT2D eigenvalue weighted by atomic mass is 16.2. The van der Waals surface area contributed by atoms with E-state index in [0.717, 1.165) is 50.1 Å². The predicted molar refractivity (Wildman–Crippen MR) is 104 cm³/mol. The molecule has 0 bridgehead atoms. The monoisotopic (exact) mass is 357 g/mol. The van der Waals surface area contributed by atoms with Gasteiger partial charge in [-0.25, -0.2) is 0 Å². The third kappa shape index (κ3) is 4.09. The molecule has 3 rings (SSSR count). The second-order valence-corrected chi connectivity index (χ2v) is 8.11. The molecule has 2 aliphatic heterocycles. The Balaban J connectivity index is 1.66. The summed E-state index contributed by atoms with van der Waals surface area (Å²) in [5, 5.41) is 2.94. The summed E-state index contributed by atoms with van der Waals surface area (Å²) >= 11 is 0. The molecule has 1 spiro atoms. The van der Waals surface area contributed by atoms with Gasteiger partial charge in [0.05, 0.1) is 0 Å². The molecular weight excluding hydrogens is 326 g/mol. The number of hydrogen-bond acceptors (Lipinski definition) is 3. The largest absolute Gasteiger partial charge is 0.339 e. The van der Waals surface area contributed by atoms with Gasteiger partial charge in [-0.15, -0.1) is 0 Å². The Bertz CT molecular complexity index is 678. The molecule has 0 radical (unpaired) electrons. The summed E-state index contributed by atoms with van der Waals surface area (Å²) in [5.41, 5.74) is 2.82. The minimum absolute atomic E-state index is 0.00506. The van der Waals surface area contributed by atoms with Gasteiger partial charge in [0.15, 0.2) is 0 Å². The van der Waals surface area contributed by atoms with E-state index in [1.165, 1.54) is 13.0 Å². The first-order valence-electron chi connectivity index (χ1n) is 9.81. The number of piperidine rings is 1. The zero-order chi connectivity index (χ0) is 18.7. The molecule has 2 heterocycles. The molecule has 2 saturated heterocycles. The third-order valence-corrected chi connectivity index (χ3v) is 5.98. The van der Waals surface area contributed by atoms with E-state index in [4.69, 9.17) is 0 Å². The standard InChI is InChI=1S/C21H31N3O2/c1-4-5-19(25)22-18-14-17(7-6-16(18)2)20(26)24-12-9-21(10-13-24)8-11-23(3)15-21/h6-7,14H,4-5,8-13,15H2,1-3H3,(H,22,25). The fourth-order valence-electron chi connectivity index (χ4n) is 4.26. The molecule has 0 unspecified atom stereocenters. The molecule has 0 aromatic heterocycles. The molecule has 0 atom stereocenters. The lowest BCUT2D eigenvalue weighted by atomic mass is 9.77. The molecule has 1 aromatic carbocycles. The van der Waals surface area contributed by atoms with Crippen LogP contribution in [0.1, 0.15) is 54.9 Å². The quantitative estimate of drug-likeness (QED) is 0.900. The molecule has 142 valence electrons. The third-order valence-electron chi connectivity index (χ3n) is 5.98. The van der Waals surface area contributed by atoms with Crippen LogP contribution >= 0.6 is 0 Å². The van der Waals surface area contributed by atoms with Crippen LogP contribution in [-0.4, -0.2) is 54.8 Å². The van der Waals surface area contributed by atoms with Crippen molar-refractivity contribution in [3.63, 3.8) is 0 Å². The lowest BCUT2D eigenvalue weighted by Gasteiger charge is -2.39. The maximum Gasteiger partial charge on any atom is 0.253 e. The summed E-state index contributed by atoms with van der Waals surface area (Å²) < 4.78 is 0. The van der Waals surface area contributed by atoms with Gasteiger partial charge in [-0.05, 0) is 69.3 Å². The van der Waals surface area contributed by atoms with Gasteiger partial charge in [0.25, 0.3) is 5.91 Å². The summed E-state index contributed by atoms with van der Waals surface area (Å²) in [7, 11) is 2.19. The molecule has 2 aliphatic rings. The van der Waals surface area contributed by atoms with Gasteiger partial charge in [0, 0.05) is 37.3 Å². The van der Waals surface area contributed by atoms with E-state index < -0.39 is 0 Å². The zero-order valence-corrected chi connectivity index (χ0v) is 16.3. The van der Waals surface area contributed by atoms with E-state index in [1.807, 2.05) is 36.9 Å². The molecular formula is C21H31N3O2. The zero-order valence-electron chi connectivity index (χ0n) is 16.3. The van der Waals surface area contributed by atoms with Crippen molar-refractivity contribution < 1.29 is 9.59 Å². The molecule has 2 amide bonds. The van der Waals surface area contributed by atoms with Crippen LogP contribution < -0.4 is 5.32 Å². The fourth-order valence-corrected chi connectivity index (χ4v) is 4.26. The maximum atomic E-state index is 12.9. The second-order valence-electron chi connectivity index (χ2n) is 8.11. The van der Waals surface area contributed by atoms with E-state index >= 15 is 0 Å². The van der Waals surface area contributed by atoms with Crippen LogP contribution in [0.2, 0.25) is 0 Å². The SMILES string of the molecule is CCCC(=O)Nc1cc(C(=O)N2CCC3(CCN(C)C3)CC2)ccc1C. The van der Waals surface area contributed by atoms with Gasteiger partial charge in [0.2, 0.25) is 5.91 Å². The highest BCUT2D eigenvalue weighted by Gasteiger charge is 2.40. The van der Waals surface area contributed by atoms with E-state index in [9.17, 15) is 9.59 Å². The van der Waals surface area contributed by atoms with Crippen molar-refractivity contribution >= 4 is 17.5 Å². The van der Waals surface area contributed by atoms with Crippen molar-refractivity contribution in [3.05, 3.63) is 29.3 Å². The minimum Gasteiger partial charge on any atom is -0.339 e. The summed E-state index contributed by atoms with van der Waals surface area (Å²) in [4.78, 5) is 29.2. The first-order chi connectivity index (χ1) is 12.4. The van der Waals surface area contributed by atoms with E-state index in [2.05, 4.69) is 17.3 Å². The van der Waals surface area contributed by atoms with Gasteiger partial charge in [-0.1, -0.05) is 13.0 Å². The Labute approximate surface area is 156 Å². The van der Waals surface area contributed by atoms with Crippen molar-refractivity contribution in [2.24, 2.45) is 5.41 Å². The summed E-state index contributed by atoms with van der Waals surface area (Å²) in [6.45, 7) is 7.94. The number of aryl methyl sites for hydroxylation is 1. The fraction of sp³-hybridized carbons (Fsp3) is 0.619. The molecule has 0 saturated carbocycles. The van der Waals surface area contributed by atoms with Crippen LogP contribution in [0.25, 0.3) is 0 Å². The van der Waals surface area contributed by atoms with Crippen LogP contribution in [0.4, 0.5) is 5.69 Å². The maximum absolute atomic E-state index is 12.9. The number of anilines is 1. The van der Waals surface area contributed by atoms with Crippen LogP contribution in [0.5, 0.6) is 0 Å². The lowest BCUT2D eigenvalue weighted by Crippen LogP contribution is -2.44. The van der Waals surface area contributed by atoms with E-state index in [1.54, 1.807) is 0 Å². The van der Waals surface area contributed by atoms with Gasteiger partial charge >= 0.3 is 0 Å². The number of rotatable bonds is 4. The summed E-state index contributed by atoms with van der Waals surface area (Å²) in [6, 6.07) is 5.63. The first kappa shape index (κ1) is 18.9. The Morgan fingerprint density at radius 2 is 1.85 bits per heavy atom. The molecule has 5 heteroatoms.